The molecule has 2 aromatic rings. The maximum atomic E-state index is 12.1. The van der Waals surface area contributed by atoms with Crippen molar-refractivity contribution in [2.24, 2.45) is 11.8 Å². The van der Waals surface area contributed by atoms with Crippen LogP contribution in [-0.2, 0) is 0 Å². The van der Waals surface area contributed by atoms with Crippen molar-refractivity contribution in [1.82, 2.24) is 10.1 Å². The molecule has 0 amide bonds. The number of fused-ring (bicyclic) bond motifs is 1. The number of furan rings is 1. The molecule has 3 atom stereocenters. The zero-order valence-electron chi connectivity index (χ0n) is 12.2. The first-order valence-electron chi connectivity index (χ1n) is 7.63. The average molecular weight is 328 g/mol. The van der Waals surface area contributed by atoms with Crippen molar-refractivity contribution in [1.29, 1.82) is 0 Å². The lowest BCUT2D eigenvalue weighted by molar-refractivity contribution is -0.156. The van der Waals surface area contributed by atoms with Gasteiger partial charge in [-0.1, -0.05) is 18.0 Å². The molecule has 0 unspecified atom stereocenters. The number of hydrogen-bond donors (Lipinski definition) is 0. The van der Waals surface area contributed by atoms with E-state index >= 15 is 0 Å². The summed E-state index contributed by atoms with van der Waals surface area (Å²) in [6.45, 7) is -1.40. The van der Waals surface area contributed by atoms with Gasteiger partial charge in [-0.2, -0.15) is 18.2 Å². The fourth-order valence-electron chi connectivity index (χ4n) is 3.38. The maximum absolute atomic E-state index is 12.1. The minimum Gasteiger partial charge on any atom is -0.455 e. The summed E-state index contributed by atoms with van der Waals surface area (Å²) in [4.78, 5) is 4.35. The molecule has 2 aliphatic rings. The summed E-state index contributed by atoms with van der Waals surface area (Å²) in [6, 6.07) is 2.77. The minimum absolute atomic E-state index is 0.171. The molecule has 8 heteroatoms. The summed E-state index contributed by atoms with van der Waals surface area (Å²) in [5.41, 5.74) is 0. The van der Waals surface area contributed by atoms with Gasteiger partial charge in [0.05, 0.1) is 0 Å². The van der Waals surface area contributed by atoms with E-state index in [1.807, 2.05) is 0 Å². The third-order valence-electron chi connectivity index (χ3n) is 4.53. The second-order valence-corrected chi connectivity index (χ2v) is 6.18. The Labute approximate surface area is 129 Å². The molecule has 0 spiro atoms. The Morgan fingerprint density at radius 1 is 1.26 bits per heavy atom. The molecule has 0 saturated heterocycles. The highest BCUT2D eigenvalue weighted by molar-refractivity contribution is 5.45. The summed E-state index contributed by atoms with van der Waals surface area (Å²) < 4.78 is 51.3. The van der Waals surface area contributed by atoms with Crippen LogP contribution in [0.15, 0.2) is 21.1 Å². The van der Waals surface area contributed by atoms with Crippen LogP contribution < -0.4 is 4.74 Å². The van der Waals surface area contributed by atoms with Gasteiger partial charge in [0.25, 0.3) is 11.8 Å². The molecule has 5 nitrogen and oxygen atoms in total. The first kappa shape index (κ1) is 14.6. The monoisotopic (exact) mass is 328 g/mol. The van der Waals surface area contributed by atoms with Crippen LogP contribution in [0.4, 0.5) is 13.2 Å². The molecule has 0 bridgehead atoms. The van der Waals surface area contributed by atoms with Gasteiger partial charge in [0.2, 0.25) is 0 Å². The van der Waals surface area contributed by atoms with Crippen molar-refractivity contribution in [3.05, 3.63) is 18.0 Å². The SMILES string of the molecule is FC(F)(F)COc1ccc(-c2nc([C@@H]3CCC[C@@H]4C[C@@H]43)no2)o1. The number of hydrogen-bond acceptors (Lipinski definition) is 5. The quantitative estimate of drug-likeness (QED) is 0.843. The average Bonchev–Trinajstić information content (AvgIpc) is 2.94. The lowest BCUT2D eigenvalue weighted by Crippen LogP contribution is -2.18. The Bertz CT molecular complexity index is 694. The van der Waals surface area contributed by atoms with Gasteiger partial charge >= 0.3 is 6.18 Å². The highest BCUT2D eigenvalue weighted by Crippen LogP contribution is 2.56. The van der Waals surface area contributed by atoms with Crippen molar-refractivity contribution < 1.29 is 26.8 Å². The van der Waals surface area contributed by atoms with E-state index in [2.05, 4.69) is 14.9 Å². The van der Waals surface area contributed by atoms with Gasteiger partial charge in [-0.15, -0.1) is 0 Å². The van der Waals surface area contributed by atoms with Gasteiger partial charge in [-0.25, -0.2) is 0 Å². The van der Waals surface area contributed by atoms with E-state index in [4.69, 9.17) is 8.94 Å². The minimum atomic E-state index is -4.41. The first-order chi connectivity index (χ1) is 11.0. The predicted molar refractivity (Wildman–Crippen MR) is 71.7 cm³/mol. The second kappa shape index (κ2) is 5.28. The summed E-state index contributed by atoms with van der Waals surface area (Å²) in [5, 5.41) is 4.02. The third-order valence-corrected chi connectivity index (χ3v) is 4.53. The molecular weight excluding hydrogens is 313 g/mol. The molecule has 124 valence electrons. The molecule has 2 heterocycles. The van der Waals surface area contributed by atoms with Crippen molar-refractivity contribution in [2.45, 2.75) is 37.8 Å². The van der Waals surface area contributed by atoms with E-state index in [9.17, 15) is 13.2 Å². The van der Waals surface area contributed by atoms with Gasteiger partial charge < -0.3 is 13.7 Å². The van der Waals surface area contributed by atoms with Crippen LogP contribution in [0, 0.1) is 11.8 Å². The van der Waals surface area contributed by atoms with Crippen molar-refractivity contribution in [3.63, 3.8) is 0 Å². The van der Waals surface area contributed by atoms with Crippen LogP contribution in [0.25, 0.3) is 11.7 Å². The molecule has 2 saturated carbocycles. The lowest BCUT2D eigenvalue weighted by atomic mass is 9.88. The Kier molecular flexibility index (Phi) is 3.35. The van der Waals surface area contributed by atoms with Crippen LogP contribution in [0.2, 0.25) is 0 Å². The van der Waals surface area contributed by atoms with Crippen molar-refractivity contribution >= 4 is 0 Å². The van der Waals surface area contributed by atoms with Crippen LogP contribution in [0.5, 0.6) is 5.95 Å². The summed E-state index contributed by atoms with van der Waals surface area (Å²) in [6.07, 6.45) is 0.325. The number of nitrogens with zero attached hydrogens (tertiary/aromatic N) is 2. The van der Waals surface area contributed by atoms with Gasteiger partial charge in [0.15, 0.2) is 18.2 Å². The number of rotatable bonds is 4. The molecule has 0 radical (unpaired) electrons. The summed E-state index contributed by atoms with van der Waals surface area (Å²) >= 11 is 0. The fourth-order valence-corrected chi connectivity index (χ4v) is 3.38. The van der Waals surface area contributed by atoms with Gasteiger partial charge in [0.1, 0.15) is 0 Å². The molecule has 2 aliphatic carbocycles. The van der Waals surface area contributed by atoms with Gasteiger partial charge in [-0.05, 0) is 30.7 Å². The topological polar surface area (TPSA) is 61.3 Å². The molecule has 2 aromatic heterocycles. The van der Waals surface area contributed by atoms with E-state index < -0.39 is 12.8 Å². The van der Waals surface area contributed by atoms with E-state index in [0.717, 1.165) is 12.3 Å². The summed E-state index contributed by atoms with van der Waals surface area (Å²) in [5.74, 6) is 2.59. The Balaban J connectivity index is 1.45. The van der Waals surface area contributed by atoms with Crippen LogP contribution in [0.1, 0.15) is 37.4 Å². The zero-order chi connectivity index (χ0) is 16.0. The lowest BCUT2D eigenvalue weighted by Gasteiger charge is -2.17. The van der Waals surface area contributed by atoms with Crippen molar-refractivity contribution in [2.75, 3.05) is 6.61 Å². The zero-order valence-corrected chi connectivity index (χ0v) is 12.2. The number of aromatic nitrogens is 2. The van der Waals surface area contributed by atoms with Crippen molar-refractivity contribution in [3.8, 4) is 17.6 Å². The fraction of sp³-hybridized carbons (Fsp3) is 0.600. The molecular formula is C15H15F3N2O3. The Morgan fingerprint density at radius 3 is 2.96 bits per heavy atom. The largest absolute Gasteiger partial charge is 0.455 e. The van der Waals surface area contributed by atoms with E-state index in [0.29, 0.717) is 17.7 Å². The van der Waals surface area contributed by atoms with Crippen LogP contribution >= 0.6 is 0 Å². The maximum Gasteiger partial charge on any atom is 0.422 e. The van der Waals surface area contributed by atoms with E-state index in [1.165, 1.54) is 31.4 Å². The highest BCUT2D eigenvalue weighted by Gasteiger charge is 2.47. The molecule has 0 aromatic carbocycles. The molecule has 4 rings (SSSR count). The predicted octanol–water partition coefficient (Wildman–Crippen LogP) is 4.17. The normalized spacial score (nSPS) is 26.8. The third kappa shape index (κ3) is 3.07. The van der Waals surface area contributed by atoms with Gasteiger partial charge in [0, 0.05) is 12.0 Å². The van der Waals surface area contributed by atoms with Crippen LogP contribution in [0.3, 0.4) is 0 Å². The van der Waals surface area contributed by atoms with Gasteiger partial charge in [-0.3, -0.25) is 0 Å². The number of alkyl halides is 3. The molecule has 0 aliphatic heterocycles. The number of halogens is 3. The molecule has 23 heavy (non-hydrogen) atoms. The van der Waals surface area contributed by atoms with E-state index in [-0.39, 0.29) is 17.6 Å². The Hall–Kier alpha value is -1.99. The van der Waals surface area contributed by atoms with Crippen LogP contribution in [-0.4, -0.2) is 22.9 Å². The molecule has 0 N–H and O–H groups in total. The first-order valence-corrected chi connectivity index (χ1v) is 7.63. The Morgan fingerprint density at radius 2 is 2.13 bits per heavy atom. The van der Waals surface area contributed by atoms with E-state index in [1.54, 1.807) is 0 Å². The summed E-state index contributed by atoms with van der Waals surface area (Å²) in [7, 11) is 0. The highest BCUT2D eigenvalue weighted by atomic mass is 19.4. The smallest absolute Gasteiger partial charge is 0.422 e. The molecule has 2 fully saturated rings. The standard InChI is InChI=1S/C15H15F3N2O3/c16-15(17,18)7-21-12-5-4-11(22-12)14-19-13(20-23-14)9-3-1-2-8-6-10(8)9/h4-5,8-10H,1-3,6-7H2/t8-,9-,10+/m1/s1. The second-order valence-electron chi connectivity index (χ2n) is 6.18. The number of ether oxygens (including phenoxy) is 1.